The molecule has 0 aliphatic carbocycles. The summed E-state index contributed by atoms with van der Waals surface area (Å²) in [6.07, 6.45) is 1.93. The van der Waals surface area contributed by atoms with Gasteiger partial charge in [0.15, 0.2) is 0 Å². The molecule has 8 heteroatoms. The largest absolute Gasteiger partial charge is 0.404 e. The van der Waals surface area contributed by atoms with Crippen LogP contribution in [0, 0.1) is 0 Å². The van der Waals surface area contributed by atoms with Crippen molar-refractivity contribution >= 4 is 30.3 Å². The van der Waals surface area contributed by atoms with E-state index in [0.717, 1.165) is 5.03 Å². The first-order chi connectivity index (χ1) is 8.13. The molecule has 0 radical (unpaired) electrons. The summed E-state index contributed by atoms with van der Waals surface area (Å²) in [5, 5.41) is 8.68. The molecule has 0 aliphatic heterocycles. The Morgan fingerprint density at radius 3 is 2.29 bits per heavy atom. The summed E-state index contributed by atoms with van der Waals surface area (Å²) in [6, 6.07) is 3.52. The van der Waals surface area contributed by atoms with Gasteiger partial charge in [-0.1, -0.05) is 0 Å². The molecule has 5 nitrogen and oxygen atoms in total. The summed E-state index contributed by atoms with van der Waals surface area (Å²) in [4.78, 5) is 0. The molecule has 1 aromatic heterocycles. The first-order valence-electron chi connectivity index (χ1n) is 5.10. The summed E-state index contributed by atoms with van der Waals surface area (Å²) in [5.41, 5.74) is 0. The molecule has 1 aromatic rings. The van der Waals surface area contributed by atoms with E-state index in [2.05, 4.69) is 10.2 Å². The molecule has 0 saturated heterocycles. The highest BCUT2D eigenvalue weighted by atomic mass is 32.5. The van der Waals surface area contributed by atoms with Crippen molar-refractivity contribution < 1.29 is 13.6 Å². The lowest BCUT2D eigenvalue weighted by molar-refractivity contribution is 0.215. The molecule has 0 spiro atoms. The average Bonchev–Trinajstić information content (AvgIpc) is 2.30. The minimum Gasteiger partial charge on any atom is -0.404 e. The van der Waals surface area contributed by atoms with Crippen molar-refractivity contribution in [1.29, 1.82) is 0 Å². The van der Waals surface area contributed by atoms with Gasteiger partial charge in [-0.25, -0.2) is 0 Å². The van der Waals surface area contributed by atoms with Crippen LogP contribution >= 0.6 is 18.5 Å². The Kier molecular flexibility index (Phi) is 6.37. The van der Waals surface area contributed by atoms with Crippen LogP contribution in [0.4, 0.5) is 0 Å². The van der Waals surface area contributed by atoms with Crippen LogP contribution in [0.2, 0.25) is 0 Å². The van der Waals surface area contributed by atoms with Crippen LogP contribution in [0.15, 0.2) is 17.2 Å². The molecule has 0 fully saturated rings. The molecular weight excluding hydrogens is 279 g/mol. The normalized spacial score (nSPS) is 11.5. The molecule has 1 heterocycles. The lowest BCUT2D eigenvalue weighted by Gasteiger charge is -2.19. The Bertz CT molecular complexity index is 378. The molecule has 96 valence electrons. The van der Waals surface area contributed by atoms with Crippen molar-refractivity contribution in [2.45, 2.75) is 18.9 Å². The predicted molar refractivity (Wildman–Crippen MR) is 72.0 cm³/mol. The standard InChI is InChI=1S/C9H15N2O3PS2/c1-4-12-15(16,13-5-2)14-8-6-7-9(17-3)11-10-8/h6-7H,4-5H2,1-3H3. The summed E-state index contributed by atoms with van der Waals surface area (Å²) in [5.74, 6) is 0.327. The number of rotatable bonds is 7. The lowest BCUT2D eigenvalue weighted by atomic mass is 10.6. The highest BCUT2D eigenvalue weighted by Gasteiger charge is 2.21. The van der Waals surface area contributed by atoms with Gasteiger partial charge in [0.2, 0.25) is 5.88 Å². The monoisotopic (exact) mass is 294 g/mol. The van der Waals surface area contributed by atoms with Crippen LogP contribution in [0.25, 0.3) is 0 Å². The van der Waals surface area contributed by atoms with Crippen molar-refractivity contribution in [3.8, 4) is 5.88 Å². The van der Waals surface area contributed by atoms with Crippen molar-refractivity contribution in [3.63, 3.8) is 0 Å². The zero-order valence-electron chi connectivity index (χ0n) is 9.95. The van der Waals surface area contributed by atoms with Gasteiger partial charge in [-0.2, -0.15) is 0 Å². The minimum atomic E-state index is -2.74. The predicted octanol–water partition coefficient (Wildman–Crippen LogP) is 2.87. The molecule has 17 heavy (non-hydrogen) atoms. The molecule has 1 rings (SSSR count). The molecular formula is C9H15N2O3PS2. The molecule has 0 unspecified atom stereocenters. The average molecular weight is 294 g/mol. The number of nitrogens with zero attached hydrogens (tertiary/aromatic N) is 2. The first-order valence-corrected chi connectivity index (χ1v) is 8.88. The minimum absolute atomic E-state index is 0.327. The fourth-order valence-corrected chi connectivity index (χ4v) is 3.31. The SMILES string of the molecule is CCOP(=S)(OCC)Oc1ccc(SC)nn1. The van der Waals surface area contributed by atoms with Gasteiger partial charge in [0.05, 0.1) is 13.2 Å². The zero-order chi connectivity index (χ0) is 12.7. The summed E-state index contributed by atoms with van der Waals surface area (Å²) >= 11 is 6.72. The van der Waals surface area contributed by atoms with E-state index >= 15 is 0 Å². The van der Waals surface area contributed by atoms with E-state index < -0.39 is 6.72 Å². The summed E-state index contributed by atoms with van der Waals surface area (Å²) in [7, 11) is 0. The fourth-order valence-electron chi connectivity index (χ4n) is 0.986. The molecule has 0 aromatic carbocycles. The third-order valence-corrected chi connectivity index (χ3v) is 4.66. The maximum atomic E-state index is 5.48. The van der Waals surface area contributed by atoms with Gasteiger partial charge >= 0.3 is 6.72 Å². The summed E-state index contributed by atoms with van der Waals surface area (Å²) in [6.45, 7) is 1.81. The molecule has 0 amide bonds. The zero-order valence-corrected chi connectivity index (χ0v) is 12.5. The second-order valence-electron chi connectivity index (χ2n) is 2.79. The fraction of sp³-hybridized carbons (Fsp3) is 0.556. The molecule has 0 bridgehead atoms. The van der Waals surface area contributed by atoms with Crippen molar-refractivity contribution in [2.24, 2.45) is 0 Å². The highest BCUT2D eigenvalue weighted by molar-refractivity contribution is 8.07. The van der Waals surface area contributed by atoms with E-state index in [1.165, 1.54) is 11.8 Å². The van der Waals surface area contributed by atoms with E-state index in [1.807, 2.05) is 26.2 Å². The topological polar surface area (TPSA) is 53.5 Å². The van der Waals surface area contributed by atoms with Crippen LogP contribution in [0.5, 0.6) is 5.88 Å². The third-order valence-electron chi connectivity index (χ3n) is 1.60. The lowest BCUT2D eigenvalue weighted by Crippen LogP contribution is -2.03. The van der Waals surface area contributed by atoms with Crippen LogP contribution in [0.3, 0.4) is 0 Å². The maximum Gasteiger partial charge on any atom is 0.381 e. The Labute approximate surface area is 111 Å². The molecule has 0 atom stereocenters. The number of aromatic nitrogens is 2. The maximum absolute atomic E-state index is 5.48. The Morgan fingerprint density at radius 2 is 1.88 bits per heavy atom. The number of thioether (sulfide) groups is 1. The van der Waals surface area contributed by atoms with Crippen LogP contribution in [-0.2, 0) is 20.9 Å². The number of hydrogen-bond acceptors (Lipinski definition) is 7. The van der Waals surface area contributed by atoms with Gasteiger partial charge in [-0.05, 0) is 26.2 Å². The van der Waals surface area contributed by atoms with Crippen LogP contribution in [-0.4, -0.2) is 29.7 Å². The van der Waals surface area contributed by atoms with Gasteiger partial charge < -0.3 is 4.52 Å². The third kappa shape index (κ3) is 4.89. The van der Waals surface area contributed by atoms with Crippen molar-refractivity contribution in [3.05, 3.63) is 12.1 Å². The van der Waals surface area contributed by atoms with E-state index in [0.29, 0.717) is 19.1 Å². The second-order valence-corrected chi connectivity index (χ2v) is 6.55. The van der Waals surface area contributed by atoms with Crippen LogP contribution < -0.4 is 4.52 Å². The van der Waals surface area contributed by atoms with Gasteiger partial charge in [0.25, 0.3) is 0 Å². The second kappa shape index (κ2) is 7.28. The Morgan fingerprint density at radius 1 is 1.24 bits per heavy atom. The molecule has 0 aliphatic rings. The quantitative estimate of drug-likeness (QED) is 0.566. The van der Waals surface area contributed by atoms with E-state index in [1.54, 1.807) is 6.07 Å². The van der Waals surface area contributed by atoms with Gasteiger partial charge in [-0.3, -0.25) is 9.05 Å². The van der Waals surface area contributed by atoms with Crippen molar-refractivity contribution in [1.82, 2.24) is 10.2 Å². The highest BCUT2D eigenvalue weighted by Crippen LogP contribution is 2.49. The van der Waals surface area contributed by atoms with Gasteiger partial charge in [-0.15, -0.1) is 22.0 Å². The Hall–Kier alpha value is -0.200. The first kappa shape index (κ1) is 14.9. The molecule has 0 N–H and O–H groups in total. The van der Waals surface area contributed by atoms with E-state index in [4.69, 9.17) is 25.4 Å². The smallest absolute Gasteiger partial charge is 0.381 e. The van der Waals surface area contributed by atoms with Gasteiger partial charge in [0, 0.05) is 17.9 Å². The Balaban J connectivity index is 2.75. The number of hydrogen-bond donors (Lipinski definition) is 0. The van der Waals surface area contributed by atoms with E-state index in [9.17, 15) is 0 Å². The van der Waals surface area contributed by atoms with Crippen molar-refractivity contribution in [2.75, 3.05) is 19.5 Å². The van der Waals surface area contributed by atoms with Crippen LogP contribution in [0.1, 0.15) is 13.8 Å². The summed E-state index contributed by atoms with van der Waals surface area (Å²) < 4.78 is 16.2. The van der Waals surface area contributed by atoms with Gasteiger partial charge in [0.1, 0.15) is 5.03 Å². The van der Waals surface area contributed by atoms with E-state index in [-0.39, 0.29) is 0 Å². The molecule has 0 saturated carbocycles.